The molecule has 0 bridgehead atoms. The van der Waals surface area contributed by atoms with Crippen LogP contribution in [0.2, 0.25) is 0 Å². The zero-order chi connectivity index (χ0) is 12.3. The topological polar surface area (TPSA) is 29.3 Å². The summed E-state index contributed by atoms with van der Waals surface area (Å²) in [5.41, 5.74) is 2.13. The number of aromatic nitrogens is 2. The summed E-state index contributed by atoms with van der Waals surface area (Å²) in [5, 5.41) is 3.40. The van der Waals surface area contributed by atoms with Gasteiger partial charge in [0.1, 0.15) is 5.65 Å². The lowest BCUT2D eigenvalue weighted by molar-refractivity contribution is 0.450. The van der Waals surface area contributed by atoms with Crippen LogP contribution in [0.3, 0.4) is 0 Å². The van der Waals surface area contributed by atoms with E-state index in [0.717, 1.165) is 17.9 Å². The molecule has 0 aliphatic heterocycles. The number of rotatable bonds is 3. The summed E-state index contributed by atoms with van der Waals surface area (Å²) < 4.78 is 2.02. The molecule has 0 fully saturated rings. The van der Waals surface area contributed by atoms with Crippen LogP contribution in [0.1, 0.15) is 26.5 Å². The summed E-state index contributed by atoms with van der Waals surface area (Å²) in [6.07, 6.45) is 8.19. The Balaban J connectivity index is 2.01. The molecule has 2 rings (SSSR count). The normalized spacial score (nSPS) is 12.6. The standard InChI is InChI=1S/C14H19N3/c1-14(2,3)15-9-6-7-12-11-17-10-5-4-8-13(17)16-12/h4-8,10-11,15H,9H2,1-3H3. The molecule has 2 aromatic rings. The molecule has 17 heavy (non-hydrogen) atoms. The Bertz CT molecular complexity index is 484. The quantitative estimate of drug-likeness (QED) is 0.877. The van der Waals surface area contributed by atoms with Gasteiger partial charge in [-0.3, -0.25) is 0 Å². The average molecular weight is 229 g/mol. The van der Waals surface area contributed by atoms with Gasteiger partial charge in [-0.2, -0.15) is 0 Å². The number of nitrogens with zero attached hydrogens (tertiary/aromatic N) is 2. The van der Waals surface area contributed by atoms with Crippen molar-refractivity contribution in [1.29, 1.82) is 0 Å². The summed E-state index contributed by atoms with van der Waals surface area (Å²) in [4.78, 5) is 4.50. The second-order valence-corrected chi connectivity index (χ2v) is 5.17. The Hall–Kier alpha value is -1.61. The van der Waals surface area contributed by atoms with Crippen LogP contribution in [0, 0.1) is 0 Å². The van der Waals surface area contributed by atoms with E-state index in [2.05, 4.69) is 37.1 Å². The van der Waals surface area contributed by atoms with Gasteiger partial charge in [0.2, 0.25) is 0 Å². The van der Waals surface area contributed by atoms with E-state index in [-0.39, 0.29) is 5.54 Å². The highest BCUT2D eigenvalue weighted by atomic mass is 15.0. The van der Waals surface area contributed by atoms with Crippen molar-refractivity contribution in [2.45, 2.75) is 26.3 Å². The molecule has 90 valence electrons. The number of nitrogens with one attached hydrogen (secondary N) is 1. The van der Waals surface area contributed by atoms with Crippen LogP contribution in [-0.4, -0.2) is 21.5 Å². The predicted octanol–water partition coefficient (Wildman–Crippen LogP) is 2.74. The molecule has 0 saturated carbocycles. The Morgan fingerprint density at radius 1 is 1.35 bits per heavy atom. The first-order valence-corrected chi connectivity index (χ1v) is 5.90. The maximum absolute atomic E-state index is 4.50. The first kappa shape index (κ1) is 11.9. The van der Waals surface area contributed by atoms with Crippen LogP contribution in [0.5, 0.6) is 0 Å². The molecule has 0 radical (unpaired) electrons. The summed E-state index contributed by atoms with van der Waals surface area (Å²) in [6, 6.07) is 6.01. The van der Waals surface area contributed by atoms with E-state index >= 15 is 0 Å². The number of hydrogen-bond donors (Lipinski definition) is 1. The summed E-state index contributed by atoms with van der Waals surface area (Å²) in [6.45, 7) is 7.33. The number of fused-ring (bicyclic) bond motifs is 1. The Labute approximate surface area is 102 Å². The van der Waals surface area contributed by atoms with E-state index in [1.807, 2.05) is 41.1 Å². The fourth-order valence-corrected chi connectivity index (χ4v) is 1.58. The van der Waals surface area contributed by atoms with E-state index in [1.54, 1.807) is 0 Å². The Kier molecular flexibility index (Phi) is 3.29. The third-order valence-corrected chi connectivity index (χ3v) is 2.42. The van der Waals surface area contributed by atoms with E-state index < -0.39 is 0 Å². The molecule has 2 heterocycles. The van der Waals surface area contributed by atoms with Gasteiger partial charge in [-0.1, -0.05) is 12.1 Å². The number of pyridine rings is 1. The number of imidazole rings is 1. The fourth-order valence-electron chi connectivity index (χ4n) is 1.58. The van der Waals surface area contributed by atoms with Crippen LogP contribution in [0.4, 0.5) is 0 Å². The third-order valence-electron chi connectivity index (χ3n) is 2.42. The zero-order valence-electron chi connectivity index (χ0n) is 10.6. The Morgan fingerprint density at radius 3 is 2.88 bits per heavy atom. The highest BCUT2D eigenvalue weighted by Gasteiger charge is 2.05. The molecule has 1 N–H and O–H groups in total. The van der Waals surface area contributed by atoms with E-state index in [0.29, 0.717) is 0 Å². The van der Waals surface area contributed by atoms with Gasteiger partial charge >= 0.3 is 0 Å². The lowest BCUT2D eigenvalue weighted by atomic mass is 10.1. The van der Waals surface area contributed by atoms with E-state index in [9.17, 15) is 0 Å². The average Bonchev–Trinajstić information content (AvgIpc) is 2.65. The molecule has 0 unspecified atom stereocenters. The van der Waals surface area contributed by atoms with Gasteiger partial charge < -0.3 is 9.72 Å². The largest absolute Gasteiger partial charge is 0.309 e. The molecule has 3 nitrogen and oxygen atoms in total. The van der Waals surface area contributed by atoms with Crippen LogP contribution in [0.25, 0.3) is 11.7 Å². The maximum Gasteiger partial charge on any atom is 0.137 e. The smallest absolute Gasteiger partial charge is 0.137 e. The molecule has 0 amide bonds. The van der Waals surface area contributed by atoms with Crippen molar-refractivity contribution >= 4 is 11.7 Å². The van der Waals surface area contributed by atoms with Crippen LogP contribution >= 0.6 is 0 Å². The lowest BCUT2D eigenvalue weighted by Crippen LogP contribution is -2.35. The molecule has 0 saturated heterocycles. The van der Waals surface area contributed by atoms with Crippen LogP contribution in [-0.2, 0) is 0 Å². The molecule has 0 aliphatic rings. The van der Waals surface area contributed by atoms with E-state index in [4.69, 9.17) is 0 Å². The lowest BCUT2D eigenvalue weighted by Gasteiger charge is -2.18. The van der Waals surface area contributed by atoms with Gasteiger partial charge in [0.05, 0.1) is 5.69 Å². The second kappa shape index (κ2) is 4.72. The molecule has 0 aromatic carbocycles. The highest BCUT2D eigenvalue weighted by Crippen LogP contribution is 2.06. The summed E-state index contributed by atoms with van der Waals surface area (Å²) >= 11 is 0. The van der Waals surface area contributed by atoms with Crippen molar-refractivity contribution < 1.29 is 0 Å². The van der Waals surface area contributed by atoms with Crippen molar-refractivity contribution in [3.63, 3.8) is 0 Å². The van der Waals surface area contributed by atoms with Crippen molar-refractivity contribution in [1.82, 2.24) is 14.7 Å². The van der Waals surface area contributed by atoms with Gasteiger partial charge in [-0.05, 0) is 39.0 Å². The van der Waals surface area contributed by atoms with E-state index in [1.165, 1.54) is 0 Å². The monoisotopic (exact) mass is 229 g/mol. The summed E-state index contributed by atoms with van der Waals surface area (Å²) in [7, 11) is 0. The fraction of sp³-hybridized carbons (Fsp3) is 0.357. The third kappa shape index (κ3) is 3.43. The van der Waals surface area contributed by atoms with Gasteiger partial charge in [0, 0.05) is 24.5 Å². The minimum atomic E-state index is 0.156. The van der Waals surface area contributed by atoms with Crippen molar-refractivity contribution in [2.75, 3.05) is 6.54 Å². The minimum Gasteiger partial charge on any atom is -0.309 e. The summed E-state index contributed by atoms with van der Waals surface area (Å²) in [5.74, 6) is 0. The molecule has 2 aromatic heterocycles. The highest BCUT2D eigenvalue weighted by molar-refractivity contribution is 5.51. The maximum atomic E-state index is 4.50. The predicted molar refractivity (Wildman–Crippen MR) is 72.0 cm³/mol. The molecule has 0 aliphatic carbocycles. The van der Waals surface area contributed by atoms with Crippen molar-refractivity contribution in [2.24, 2.45) is 0 Å². The molecule has 0 spiro atoms. The van der Waals surface area contributed by atoms with Gasteiger partial charge in [0.25, 0.3) is 0 Å². The first-order valence-electron chi connectivity index (χ1n) is 5.90. The Morgan fingerprint density at radius 2 is 2.18 bits per heavy atom. The van der Waals surface area contributed by atoms with Gasteiger partial charge in [-0.15, -0.1) is 0 Å². The first-order chi connectivity index (χ1) is 8.04. The van der Waals surface area contributed by atoms with Gasteiger partial charge in [0.15, 0.2) is 0 Å². The zero-order valence-corrected chi connectivity index (χ0v) is 10.6. The van der Waals surface area contributed by atoms with Gasteiger partial charge in [-0.25, -0.2) is 4.98 Å². The van der Waals surface area contributed by atoms with Crippen LogP contribution < -0.4 is 5.32 Å². The molecule has 0 atom stereocenters. The molecular weight excluding hydrogens is 210 g/mol. The minimum absolute atomic E-state index is 0.156. The molecule has 3 heteroatoms. The molecular formula is C14H19N3. The van der Waals surface area contributed by atoms with Crippen molar-refractivity contribution in [3.05, 3.63) is 42.4 Å². The van der Waals surface area contributed by atoms with Crippen molar-refractivity contribution in [3.8, 4) is 0 Å². The SMILES string of the molecule is CC(C)(C)NCC=Cc1cn2ccccc2n1. The van der Waals surface area contributed by atoms with Crippen LogP contribution in [0.15, 0.2) is 36.7 Å². The second-order valence-electron chi connectivity index (χ2n) is 5.17. The number of hydrogen-bond acceptors (Lipinski definition) is 2.